The second-order valence-corrected chi connectivity index (χ2v) is 14.6. The Morgan fingerprint density at radius 1 is 0.604 bits per heavy atom. The van der Waals surface area contributed by atoms with E-state index in [0.29, 0.717) is 6.42 Å². The highest BCUT2D eigenvalue weighted by molar-refractivity contribution is 7.47. The van der Waals surface area contributed by atoms with Gasteiger partial charge in [0, 0.05) is 19.4 Å². The van der Waals surface area contributed by atoms with Crippen LogP contribution < -0.4 is 5.73 Å². The topological polar surface area (TPSA) is 134 Å². The summed E-state index contributed by atoms with van der Waals surface area (Å²) >= 11 is 0. The molecular formula is C38H74NO8P. The highest BCUT2D eigenvalue weighted by Crippen LogP contribution is 2.43. The number of rotatable bonds is 37. The molecule has 0 aromatic rings. The van der Waals surface area contributed by atoms with E-state index in [0.717, 1.165) is 38.5 Å². The van der Waals surface area contributed by atoms with Crippen LogP contribution in [0.1, 0.15) is 187 Å². The zero-order valence-corrected chi connectivity index (χ0v) is 31.9. The zero-order valence-electron chi connectivity index (χ0n) is 31.0. The van der Waals surface area contributed by atoms with Gasteiger partial charge >= 0.3 is 19.8 Å². The van der Waals surface area contributed by atoms with Crippen molar-refractivity contribution in [1.82, 2.24) is 0 Å². The maximum Gasteiger partial charge on any atom is 0.472 e. The molecule has 0 saturated heterocycles. The summed E-state index contributed by atoms with van der Waals surface area (Å²) < 4.78 is 32.6. The van der Waals surface area contributed by atoms with Gasteiger partial charge in [0.25, 0.3) is 0 Å². The molecule has 0 aromatic carbocycles. The van der Waals surface area contributed by atoms with Crippen molar-refractivity contribution in [2.75, 3.05) is 26.4 Å². The minimum Gasteiger partial charge on any atom is -0.462 e. The maximum absolute atomic E-state index is 12.5. The Morgan fingerprint density at radius 3 is 1.52 bits per heavy atom. The number of phosphoric acid groups is 1. The molecule has 0 saturated carbocycles. The lowest BCUT2D eigenvalue weighted by Crippen LogP contribution is -2.29. The third-order valence-corrected chi connectivity index (χ3v) is 9.39. The lowest BCUT2D eigenvalue weighted by atomic mass is 10.0. The van der Waals surface area contributed by atoms with E-state index in [1.54, 1.807) is 0 Å². The average Bonchev–Trinajstić information content (AvgIpc) is 3.07. The maximum atomic E-state index is 12.5. The van der Waals surface area contributed by atoms with Crippen LogP contribution in [0, 0.1) is 0 Å². The molecule has 0 spiro atoms. The Labute approximate surface area is 294 Å². The van der Waals surface area contributed by atoms with E-state index in [9.17, 15) is 19.0 Å². The van der Waals surface area contributed by atoms with E-state index < -0.39 is 26.5 Å². The van der Waals surface area contributed by atoms with Crippen LogP contribution in [0.4, 0.5) is 0 Å². The smallest absolute Gasteiger partial charge is 0.462 e. The first-order valence-corrected chi connectivity index (χ1v) is 21.2. The van der Waals surface area contributed by atoms with Crippen LogP contribution in [-0.2, 0) is 32.7 Å². The molecule has 0 aliphatic heterocycles. The molecule has 0 aliphatic carbocycles. The second kappa shape index (κ2) is 35.6. The van der Waals surface area contributed by atoms with Crippen LogP contribution in [0.3, 0.4) is 0 Å². The fourth-order valence-corrected chi connectivity index (χ4v) is 6.22. The summed E-state index contributed by atoms with van der Waals surface area (Å²) in [6.45, 7) is 3.71. The van der Waals surface area contributed by atoms with E-state index in [2.05, 4.69) is 26.0 Å². The van der Waals surface area contributed by atoms with Gasteiger partial charge in [-0.05, 0) is 38.5 Å². The molecule has 2 atom stereocenters. The third-order valence-electron chi connectivity index (χ3n) is 8.40. The second-order valence-electron chi connectivity index (χ2n) is 13.2. The molecule has 0 amide bonds. The number of carbonyl (C=O) groups is 2. The Hall–Kier alpha value is -1.25. The molecule has 0 aliphatic rings. The first kappa shape index (κ1) is 46.8. The summed E-state index contributed by atoms with van der Waals surface area (Å²) in [5.41, 5.74) is 5.33. The minimum atomic E-state index is -4.37. The number of nitrogens with two attached hydrogens (primary N) is 1. The standard InChI is InChI=1S/C38H74NO8P/c1-3-5-7-9-11-13-15-17-18-19-21-23-25-27-29-31-38(41)47-36(35-46-48(42,43)45-33-32-39)34-44-37(40)30-28-26-24-22-20-16-14-12-10-8-6-4-2/h21,23,36H,3-20,22,24-35,39H2,1-2H3,(H,42,43)/b23-21+/t36-/m1/s1. The molecule has 0 heterocycles. The number of ether oxygens (including phenoxy) is 2. The largest absolute Gasteiger partial charge is 0.472 e. The van der Waals surface area contributed by atoms with E-state index >= 15 is 0 Å². The van der Waals surface area contributed by atoms with Gasteiger partial charge in [-0.15, -0.1) is 0 Å². The highest BCUT2D eigenvalue weighted by Gasteiger charge is 2.25. The number of hydrogen-bond acceptors (Lipinski definition) is 8. The van der Waals surface area contributed by atoms with Gasteiger partial charge < -0.3 is 20.1 Å². The lowest BCUT2D eigenvalue weighted by Gasteiger charge is -2.19. The van der Waals surface area contributed by atoms with Crippen LogP contribution in [0.5, 0.6) is 0 Å². The summed E-state index contributed by atoms with van der Waals surface area (Å²) in [5.74, 6) is -0.848. The highest BCUT2D eigenvalue weighted by atomic mass is 31.2. The van der Waals surface area contributed by atoms with Crippen LogP contribution in [0.25, 0.3) is 0 Å². The summed E-state index contributed by atoms with van der Waals surface area (Å²) in [6, 6.07) is 0. The van der Waals surface area contributed by atoms with Crippen molar-refractivity contribution in [1.29, 1.82) is 0 Å². The molecule has 1 unspecified atom stereocenters. The zero-order chi connectivity index (χ0) is 35.4. The Kier molecular flexibility index (Phi) is 34.6. The molecule has 0 rings (SSSR count). The van der Waals surface area contributed by atoms with Crippen molar-refractivity contribution in [2.24, 2.45) is 5.73 Å². The predicted octanol–water partition coefficient (Wildman–Crippen LogP) is 10.7. The van der Waals surface area contributed by atoms with Gasteiger partial charge in [-0.25, -0.2) is 4.57 Å². The SMILES string of the molecule is CCCCCCCCCCC/C=C/CCCCC(=O)O[C@H](COC(=O)CCCCCCCCCCCCCC)COP(=O)(O)OCCN. The molecule has 0 aromatic heterocycles. The molecule has 284 valence electrons. The minimum absolute atomic E-state index is 0.0531. The molecule has 0 radical (unpaired) electrons. The quantitative estimate of drug-likeness (QED) is 0.0280. The fourth-order valence-electron chi connectivity index (χ4n) is 5.45. The van der Waals surface area contributed by atoms with Gasteiger partial charge in [0.15, 0.2) is 6.10 Å². The summed E-state index contributed by atoms with van der Waals surface area (Å²) in [4.78, 5) is 34.7. The van der Waals surface area contributed by atoms with Crippen molar-refractivity contribution in [2.45, 2.75) is 193 Å². The van der Waals surface area contributed by atoms with Crippen LogP contribution in [0.2, 0.25) is 0 Å². The molecule has 9 nitrogen and oxygen atoms in total. The summed E-state index contributed by atoms with van der Waals surface area (Å²) in [5, 5.41) is 0. The van der Waals surface area contributed by atoms with Gasteiger partial charge in [0.1, 0.15) is 6.61 Å². The number of esters is 2. The van der Waals surface area contributed by atoms with E-state index in [4.69, 9.17) is 24.3 Å². The Balaban J connectivity index is 4.22. The molecular weight excluding hydrogens is 629 g/mol. The van der Waals surface area contributed by atoms with Crippen molar-refractivity contribution in [3.8, 4) is 0 Å². The first-order chi connectivity index (χ1) is 23.3. The first-order valence-electron chi connectivity index (χ1n) is 19.7. The third kappa shape index (κ3) is 34.6. The Morgan fingerprint density at radius 2 is 1.02 bits per heavy atom. The summed E-state index contributed by atoms with van der Waals surface area (Å²) in [7, 11) is -4.37. The molecule has 3 N–H and O–H groups in total. The van der Waals surface area contributed by atoms with Gasteiger partial charge in [-0.1, -0.05) is 148 Å². The van der Waals surface area contributed by atoms with Crippen LogP contribution in [-0.4, -0.2) is 49.3 Å². The van der Waals surface area contributed by atoms with Crippen molar-refractivity contribution in [3.63, 3.8) is 0 Å². The van der Waals surface area contributed by atoms with Crippen LogP contribution in [0.15, 0.2) is 12.2 Å². The number of unbranched alkanes of at least 4 members (excludes halogenated alkanes) is 22. The van der Waals surface area contributed by atoms with Crippen molar-refractivity contribution in [3.05, 3.63) is 12.2 Å². The molecule has 10 heteroatoms. The Bertz CT molecular complexity index is 810. The van der Waals surface area contributed by atoms with Gasteiger partial charge in [0.05, 0.1) is 13.2 Å². The summed E-state index contributed by atoms with van der Waals surface area (Å²) in [6.07, 6.45) is 33.8. The molecule has 0 bridgehead atoms. The van der Waals surface area contributed by atoms with E-state index in [-0.39, 0.29) is 38.6 Å². The molecule has 48 heavy (non-hydrogen) atoms. The van der Waals surface area contributed by atoms with Crippen molar-refractivity contribution >= 4 is 19.8 Å². The number of allylic oxidation sites excluding steroid dienone is 2. The number of hydrogen-bond donors (Lipinski definition) is 2. The average molecular weight is 704 g/mol. The predicted molar refractivity (Wildman–Crippen MR) is 197 cm³/mol. The van der Waals surface area contributed by atoms with Crippen molar-refractivity contribution < 1.29 is 37.6 Å². The van der Waals surface area contributed by atoms with Gasteiger partial charge in [0.2, 0.25) is 0 Å². The van der Waals surface area contributed by atoms with Crippen LogP contribution >= 0.6 is 7.82 Å². The monoisotopic (exact) mass is 704 g/mol. The van der Waals surface area contributed by atoms with E-state index in [1.807, 2.05) is 0 Å². The fraction of sp³-hybridized carbons (Fsp3) is 0.895. The molecule has 0 fully saturated rings. The van der Waals surface area contributed by atoms with Gasteiger partial charge in [-0.2, -0.15) is 0 Å². The number of phosphoric ester groups is 1. The normalized spacial score (nSPS) is 13.5. The lowest BCUT2D eigenvalue weighted by molar-refractivity contribution is -0.161. The number of carbonyl (C=O) groups excluding carboxylic acids is 2. The van der Waals surface area contributed by atoms with E-state index in [1.165, 1.54) is 116 Å². The van der Waals surface area contributed by atoms with Gasteiger partial charge in [-0.3, -0.25) is 18.6 Å².